The minimum atomic E-state index is -0.450. The molecule has 3 heterocycles. The summed E-state index contributed by atoms with van der Waals surface area (Å²) >= 11 is 0. The number of ether oxygens (including phenoxy) is 3. The lowest BCUT2D eigenvalue weighted by Crippen LogP contribution is -2.36. The van der Waals surface area contributed by atoms with Crippen LogP contribution in [0.1, 0.15) is 12.8 Å². The van der Waals surface area contributed by atoms with E-state index in [0.717, 1.165) is 18.4 Å². The van der Waals surface area contributed by atoms with Crippen LogP contribution in [0.3, 0.4) is 0 Å². The van der Waals surface area contributed by atoms with Crippen LogP contribution in [0.4, 0.5) is 0 Å². The van der Waals surface area contributed by atoms with Gasteiger partial charge in [-0.1, -0.05) is 6.07 Å². The highest BCUT2D eigenvalue weighted by Crippen LogP contribution is 2.33. The second kappa shape index (κ2) is 7.47. The van der Waals surface area contributed by atoms with Gasteiger partial charge in [-0.3, -0.25) is 9.78 Å². The molecule has 8 heteroatoms. The van der Waals surface area contributed by atoms with Gasteiger partial charge in [0.1, 0.15) is 11.9 Å². The Morgan fingerprint density at radius 1 is 1.21 bits per heavy atom. The molecule has 4 rings (SSSR count). The first-order valence-electron chi connectivity index (χ1n) is 9.14. The van der Waals surface area contributed by atoms with Crippen molar-refractivity contribution in [2.75, 3.05) is 20.8 Å². The predicted molar refractivity (Wildman–Crippen MR) is 103 cm³/mol. The fourth-order valence-electron chi connectivity index (χ4n) is 3.67. The minimum absolute atomic E-state index is 0.0371. The number of fused-ring (bicyclic) bond motifs is 1. The SMILES string of the molecule is COc1ccc(-c2cc[nH+]c3c2c(=O)[nH]c(=O)n3CC2CCCO2)cc1OC. The summed E-state index contributed by atoms with van der Waals surface area (Å²) in [5, 5.41) is 0.410. The third-order valence-corrected chi connectivity index (χ3v) is 5.04. The number of hydrogen-bond donors (Lipinski definition) is 1. The van der Waals surface area contributed by atoms with Gasteiger partial charge in [0.05, 0.1) is 26.5 Å². The number of H-pyrrole nitrogens is 2. The first-order chi connectivity index (χ1) is 13.6. The van der Waals surface area contributed by atoms with Crippen LogP contribution in [0.25, 0.3) is 22.2 Å². The fourth-order valence-corrected chi connectivity index (χ4v) is 3.67. The average molecular weight is 384 g/mol. The van der Waals surface area contributed by atoms with E-state index in [-0.39, 0.29) is 6.10 Å². The number of nitrogens with one attached hydrogen (secondary N) is 2. The molecule has 0 bridgehead atoms. The van der Waals surface area contributed by atoms with Gasteiger partial charge >= 0.3 is 5.69 Å². The van der Waals surface area contributed by atoms with Crippen molar-refractivity contribution in [2.24, 2.45) is 0 Å². The molecule has 1 aromatic carbocycles. The maximum atomic E-state index is 12.7. The number of benzene rings is 1. The minimum Gasteiger partial charge on any atom is -0.493 e. The van der Waals surface area contributed by atoms with Crippen LogP contribution < -0.4 is 25.7 Å². The molecule has 0 radical (unpaired) electrons. The van der Waals surface area contributed by atoms with Gasteiger partial charge in [0.15, 0.2) is 11.5 Å². The molecule has 8 nitrogen and oxygen atoms in total. The second-order valence-corrected chi connectivity index (χ2v) is 6.69. The molecule has 1 unspecified atom stereocenters. The molecule has 0 aliphatic carbocycles. The smallest absolute Gasteiger partial charge is 0.415 e. The van der Waals surface area contributed by atoms with Crippen LogP contribution in [0.5, 0.6) is 11.5 Å². The van der Waals surface area contributed by atoms with E-state index in [0.29, 0.717) is 41.2 Å². The van der Waals surface area contributed by atoms with Crippen molar-refractivity contribution in [1.29, 1.82) is 0 Å². The van der Waals surface area contributed by atoms with Crippen LogP contribution in [0.2, 0.25) is 0 Å². The molecule has 1 fully saturated rings. The predicted octanol–water partition coefficient (Wildman–Crippen LogP) is 1.37. The maximum Gasteiger partial charge on any atom is 0.415 e. The van der Waals surface area contributed by atoms with Gasteiger partial charge in [-0.2, -0.15) is 4.57 Å². The van der Waals surface area contributed by atoms with E-state index in [9.17, 15) is 9.59 Å². The molecule has 1 saturated heterocycles. The van der Waals surface area contributed by atoms with Crippen LogP contribution in [-0.4, -0.2) is 36.5 Å². The van der Waals surface area contributed by atoms with Crippen LogP contribution in [0.15, 0.2) is 40.1 Å². The quantitative estimate of drug-likeness (QED) is 0.717. The lowest BCUT2D eigenvalue weighted by atomic mass is 10.0. The van der Waals surface area contributed by atoms with Gasteiger partial charge in [0.2, 0.25) is 0 Å². The number of hydrogen-bond acceptors (Lipinski definition) is 5. The normalized spacial score (nSPS) is 16.4. The number of aromatic nitrogens is 3. The largest absolute Gasteiger partial charge is 0.493 e. The first kappa shape index (κ1) is 18.2. The van der Waals surface area contributed by atoms with Crippen LogP contribution in [0, 0.1) is 0 Å². The summed E-state index contributed by atoms with van der Waals surface area (Å²) in [6.45, 7) is 1.08. The summed E-state index contributed by atoms with van der Waals surface area (Å²) in [4.78, 5) is 30.7. The summed E-state index contributed by atoms with van der Waals surface area (Å²) in [5.41, 5.74) is 1.05. The lowest BCUT2D eigenvalue weighted by Gasteiger charge is -2.11. The highest BCUT2D eigenvalue weighted by molar-refractivity contribution is 5.90. The molecular formula is C20H22N3O5+. The molecule has 2 N–H and O–H groups in total. The topological polar surface area (TPSA) is 96.7 Å². The number of aromatic amines is 2. The van der Waals surface area contributed by atoms with E-state index < -0.39 is 11.2 Å². The Labute approximate surface area is 160 Å². The number of methoxy groups -OCH3 is 2. The Balaban J connectivity index is 1.91. The fraction of sp³-hybridized carbons (Fsp3) is 0.350. The van der Waals surface area contributed by atoms with E-state index >= 15 is 0 Å². The van der Waals surface area contributed by atoms with E-state index in [1.54, 1.807) is 32.5 Å². The molecule has 0 spiro atoms. The zero-order chi connectivity index (χ0) is 19.7. The van der Waals surface area contributed by atoms with Crippen LogP contribution in [-0.2, 0) is 11.3 Å². The van der Waals surface area contributed by atoms with Gasteiger partial charge in [0.25, 0.3) is 11.2 Å². The van der Waals surface area contributed by atoms with Gasteiger partial charge in [-0.15, -0.1) is 0 Å². The standard InChI is InChI=1S/C20H21N3O5/c1-26-15-6-5-12(10-16(15)27-2)14-7-8-21-18-17(14)19(24)22-20(25)23(18)11-13-4-3-9-28-13/h5-8,10,13H,3-4,9,11H2,1-2H3,(H,22,24,25)/p+1. The monoisotopic (exact) mass is 384 g/mol. The van der Waals surface area contributed by atoms with Crippen LogP contribution >= 0.6 is 0 Å². The van der Waals surface area contributed by atoms with Crippen molar-refractivity contribution < 1.29 is 19.2 Å². The second-order valence-electron chi connectivity index (χ2n) is 6.69. The summed E-state index contributed by atoms with van der Waals surface area (Å²) in [6.07, 6.45) is 3.55. The van der Waals surface area contributed by atoms with Crippen molar-refractivity contribution in [1.82, 2.24) is 9.55 Å². The molecule has 3 aromatic rings. The molecule has 146 valence electrons. The Kier molecular flexibility index (Phi) is 4.87. The van der Waals surface area contributed by atoms with E-state index in [2.05, 4.69) is 9.97 Å². The average Bonchev–Trinajstić information content (AvgIpc) is 3.23. The third kappa shape index (κ3) is 3.16. The number of pyridine rings is 1. The summed E-state index contributed by atoms with van der Waals surface area (Å²) < 4.78 is 17.9. The Bertz CT molecular complexity index is 1130. The van der Waals surface area contributed by atoms with Gasteiger partial charge in [-0.05, 0) is 36.6 Å². The molecule has 1 atom stereocenters. The maximum absolute atomic E-state index is 12.7. The van der Waals surface area contributed by atoms with Crippen molar-refractivity contribution in [3.63, 3.8) is 0 Å². The zero-order valence-corrected chi connectivity index (χ0v) is 15.8. The molecule has 28 heavy (non-hydrogen) atoms. The Morgan fingerprint density at radius 3 is 2.75 bits per heavy atom. The summed E-state index contributed by atoms with van der Waals surface area (Å²) in [6, 6.07) is 7.25. The Morgan fingerprint density at radius 2 is 2.04 bits per heavy atom. The van der Waals surface area contributed by atoms with Crippen molar-refractivity contribution in [3.05, 3.63) is 51.3 Å². The van der Waals surface area contributed by atoms with Crippen molar-refractivity contribution in [2.45, 2.75) is 25.5 Å². The lowest BCUT2D eigenvalue weighted by molar-refractivity contribution is -0.350. The molecule has 0 amide bonds. The van der Waals surface area contributed by atoms with Gasteiger partial charge < -0.3 is 14.2 Å². The van der Waals surface area contributed by atoms with Crippen molar-refractivity contribution in [3.8, 4) is 22.6 Å². The van der Waals surface area contributed by atoms with E-state index in [1.807, 2.05) is 12.1 Å². The van der Waals surface area contributed by atoms with E-state index in [4.69, 9.17) is 14.2 Å². The Hall–Kier alpha value is -3.13. The summed E-state index contributed by atoms with van der Waals surface area (Å²) in [5.74, 6) is 1.16. The van der Waals surface area contributed by atoms with Gasteiger partial charge in [0, 0.05) is 12.2 Å². The summed E-state index contributed by atoms with van der Waals surface area (Å²) in [7, 11) is 3.13. The molecule has 2 aromatic heterocycles. The highest BCUT2D eigenvalue weighted by atomic mass is 16.5. The molecule has 1 aliphatic rings. The van der Waals surface area contributed by atoms with E-state index in [1.165, 1.54) is 4.57 Å². The molecular weight excluding hydrogens is 362 g/mol. The first-order valence-corrected chi connectivity index (χ1v) is 9.14. The molecule has 1 aliphatic heterocycles. The number of rotatable bonds is 5. The number of nitrogens with zero attached hydrogens (tertiary/aromatic N) is 1. The third-order valence-electron chi connectivity index (χ3n) is 5.04. The highest BCUT2D eigenvalue weighted by Gasteiger charge is 2.25. The zero-order valence-electron chi connectivity index (χ0n) is 15.8. The van der Waals surface area contributed by atoms with Gasteiger partial charge in [-0.25, -0.2) is 9.78 Å². The molecule has 0 saturated carbocycles. The van der Waals surface area contributed by atoms with Crippen molar-refractivity contribution >= 4 is 11.0 Å².